The molecule has 20 heavy (non-hydrogen) atoms. The number of nitrogens with one attached hydrogen (secondary N) is 1. The van der Waals surface area contributed by atoms with Crippen molar-refractivity contribution in [1.82, 2.24) is 9.88 Å². The quantitative estimate of drug-likeness (QED) is 0.835. The van der Waals surface area contributed by atoms with Gasteiger partial charge in [-0.25, -0.2) is 4.98 Å². The largest absolute Gasteiger partial charge is 0.389 e. The van der Waals surface area contributed by atoms with Crippen molar-refractivity contribution in [1.29, 1.82) is 0 Å². The second kappa shape index (κ2) is 6.70. The van der Waals surface area contributed by atoms with Gasteiger partial charge >= 0.3 is 0 Å². The van der Waals surface area contributed by atoms with Crippen LogP contribution < -0.4 is 5.32 Å². The molecule has 0 atom stereocenters. The first kappa shape index (κ1) is 16.4. The fraction of sp³-hybridized carbons (Fsp3) is 0.600. The molecule has 0 unspecified atom stereocenters. The minimum Gasteiger partial charge on any atom is -0.389 e. The molecule has 0 bridgehead atoms. The number of aryl methyl sites for hydroxylation is 1. The first-order chi connectivity index (χ1) is 9.26. The Hall–Kier alpha value is -1.62. The predicted octanol–water partition coefficient (Wildman–Crippen LogP) is 1.92. The topological polar surface area (TPSA) is 65.5 Å². The number of nitrogens with zero attached hydrogens (tertiary/aromatic N) is 2. The van der Waals surface area contributed by atoms with E-state index in [2.05, 4.69) is 17.2 Å². The Labute approximate surface area is 121 Å². The summed E-state index contributed by atoms with van der Waals surface area (Å²) in [5.74, 6) is 0.583. The number of aromatic nitrogens is 1. The van der Waals surface area contributed by atoms with Crippen LogP contribution in [0.5, 0.6) is 0 Å². The van der Waals surface area contributed by atoms with Crippen molar-refractivity contribution in [2.75, 3.05) is 26.0 Å². The molecule has 0 aliphatic heterocycles. The van der Waals surface area contributed by atoms with Crippen LogP contribution in [-0.2, 0) is 6.42 Å². The van der Waals surface area contributed by atoms with E-state index in [1.165, 1.54) is 4.90 Å². The molecular formula is C15H25N3O2. The Morgan fingerprint density at radius 3 is 2.60 bits per heavy atom. The number of carbonyl (C=O) groups excluding carboxylic acids is 1. The third-order valence-corrected chi connectivity index (χ3v) is 2.86. The summed E-state index contributed by atoms with van der Waals surface area (Å²) < 4.78 is 0. The molecule has 0 saturated heterocycles. The summed E-state index contributed by atoms with van der Waals surface area (Å²) in [7, 11) is 3.48. The molecule has 0 aliphatic carbocycles. The molecule has 2 N–H and O–H groups in total. The van der Waals surface area contributed by atoms with E-state index in [0.29, 0.717) is 11.4 Å². The monoisotopic (exact) mass is 279 g/mol. The highest BCUT2D eigenvalue weighted by atomic mass is 16.3. The number of carbonyl (C=O) groups is 1. The first-order valence-electron chi connectivity index (χ1n) is 6.93. The average molecular weight is 279 g/mol. The van der Waals surface area contributed by atoms with Gasteiger partial charge in [0.15, 0.2) is 0 Å². The zero-order chi connectivity index (χ0) is 15.3. The van der Waals surface area contributed by atoms with Gasteiger partial charge in [0.1, 0.15) is 5.82 Å². The number of hydrogen-bond donors (Lipinski definition) is 2. The number of amides is 1. The highest BCUT2D eigenvalue weighted by molar-refractivity contribution is 5.94. The van der Waals surface area contributed by atoms with Crippen LogP contribution in [0.15, 0.2) is 12.1 Å². The summed E-state index contributed by atoms with van der Waals surface area (Å²) in [6, 6.07) is 3.57. The zero-order valence-electron chi connectivity index (χ0n) is 13.0. The minimum absolute atomic E-state index is 0.108. The summed E-state index contributed by atoms with van der Waals surface area (Å²) in [6.45, 7) is 5.73. The van der Waals surface area contributed by atoms with Gasteiger partial charge in [0.2, 0.25) is 0 Å². The average Bonchev–Trinajstić information content (AvgIpc) is 2.35. The smallest absolute Gasteiger partial charge is 0.253 e. The Kier molecular flexibility index (Phi) is 5.51. The number of rotatable bonds is 6. The molecule has 1 rings (SSSR count). The second-order valence-electron chi connectivity index (χ2n) is 5.71. The van der Waals surface area contributed by atoms with Gasteiger partial charge in [-0.05, 0) is 32.4 Å². The van der Waals surface area contributed by atoms with Crippen LogP contribution in [0.2, 0.25) is 0 Å². The Balaban J connectivity index is 2.99. The van der Waals surface area contributed by atoms with Crippen molar-refractivity contribution in [3.05, 3.63) is 23.4 Å². The molecule has 1 heterocycles. The highest BCUT2D eigenvalue weighted by Gasteiger charge is 2.21. The molecule has 112 valence electrons. The summed E-state index contributed by atoms with van der Waals surface area (Å²) in [4.78, 5) is 18.4. The van der Waals surface area contributed by atoms with Gasteiger partial charge < -0.3 is 15.3 Å². The molecule has 0 radical (unpaired) electrons. The molecule has 0 spiro atoms. The Bertz CT molecular complexity index is 467. The molecule has 5 nitrogen and oxygen atoms in total. The van der Waals surface area contributed by atoms with Crippen LogP contribution in [0.4, 0.5) is 5.82 Å². The highest BCUT2D eigenvalue weighted by Crippen LogP contribution is 2.15. The van der Waals surface area contributed by atoms with Gasteiger partial charge in [-0.1, -0.05) is 13.3 Å². The lowest BCUT2D eigenvalue weighted by Gasteiger charge is -2.25. The van der Waals surface area contributed by atoms with Crippen molar-refractivity contribution in [2.45, 2.75) is 39.2 Å². The number of anilines is 1. The summed E-state index contributed by atoms with van der Waals surface area (Å²) >= 11 is 0. The number of pyridine rings is 1. The van der Waals surface area contributed by atoms with E-state index in [9.17, 15) is 9.90 Å². The van der Waals surface area contributed by atoms with E-state index < -0.39 is 5.60 Å². The number of aliphatic hydroxyl groups is 1. The second-order valence-corrected chi connectivity index (χ2v) is 5.71. The van der Waals surface area contributed by atoms with Crippen molar-refractivity contribution >= 4 is 11.7 Å². The van der Waals surface area contributed by atoms with Gasteiger partial charge in [0, 0.05) is 31.9 Å². The van der Waals surface area contributed by atoms with Crippen molar-refractivity contribution < 1.29 is 9.90 Å². The first-order valence-corrected chi connectivity index (χ1v) is 6.93. The van der Waals surface area contributed by atoms with Gasteiger partial charge in [0.25, 0.3) is 5.91 Å². The maximum Gasteiger partial charge on any atom is 0.253 e. The maximum atomic E-state index is 12.4. The molecule has 5 heteroatoms. The third kappa shape index (κ3) is 4.81. The normalized spacial score (nSPS) is 11.3. The molecule has 0 aromatic carbocycles. The van der Waals surface area contributed by atoms with E-state index in [0.717, 1.165) is 18.5 Å². The fourth-order valence-electron chi connectivity index (χ4n) is 2.10. The van der Waals surface area contributed by atoms with Gasteiger partial charge in [-0.2, -0.15) is 0 Å². The molecule has 0 saturated carbocycles. The van der Waals surface area contributed by atoms with Gasteiger partial charge in [0.05, 0.1) is 5.60 Å². The number of hydrogen-bond acceptors (Lipinski definition) is 4. The SMILES string of the molecule is CCCc1cc(C(=O)N(C)CC(C)(C)O)cc(NC)n1. The molecular weight excluding hydrogens is 254 g/mol. The van der Waals surface area contributed by atoms with Gasteiger partial charge in [-0.3, -0.25) is 4.79 Å². The minimum atomic E-state index is -0.907. The van der Waals surface area contributed by atoms with Crippen LogP contribution >= 0.6 is 0 Å². The summed E-state index contributed by atoms with van der Waals surface area (Å²) in [5.41, 5.74) is 0.592. The summed E-state index contributed by atoms with van der Waals surface area (Å²) in [6.07, 6.45) is 1.82. The fourth-order valence-corrected chi connectivity index (χ4v) is 2.10. The van der Waals surface area contributed by atoms with Crippen LogP contribution in [0, 0.1) is 0 Å². The van der Waals surface area contributed by atoms with E-state index in [4.69, 9.17) is 0 Å². The zero-order valence-corrected chi connectivity index (χ0v) is 13.0. The van der Waals surface area contributed by atoms with Crippen molar-refractivity contribution in [3.8, 4) is 0 Å². The standard InChI is InChI=1S/C15H25N3O2/c1-6-7-12-8-11(9-13(16-4)17-12)14(19)18(5)10-15(2,3)20/h8-9,20H,6-7,10H2,1-5H3,(H,16,17). The van der Waals surface area contributed by atoms with Crippen LogP contribution in [-0.4, -0.2) is 47.1 Å². The maximum absolute atomic E-state index is 12.4. The van der Waals surface area contributed by atoms with E-state index in [1.54, 1.807) is 34.0 Å². The lowest BCUT2D eigenvalue weighted by molar-refractivity contribution is 0.0368. The molecule has 0 fully saturated rings. The van der Waals surface area contributed by atoms with Crippen LogP contribution in [0.25, 0.3) is 0 Å². The lowest BCUT2D eigenvalue weighted by atomic mass is 10.1. The van der Waals surface area contributed by atoms with Crippen LogP contribution in [0.3, 0.4) is 0 Å². The molecule has 1 aromatic rings. The van der Waals surface area contributed by atoms with E-state index in [-0.39, 0.29) is 12.5 Å². The predicted molar refractivity (Wildman–Crippen MR) is 81.0 cm³/mol. The van der Waals surface area contributed by atoms with E-state index in [1.807, 2.05) is 6.07 Å². The van der Waals surface area contributed by atoms with E-state index >= 15 is 0 Å². The summed E-state index contributed by atoms with van der Waals surface area (Å²) in [5, 5.41) is 12.8. The third-order valence-electron chi connectivity index (χ3n) is 2.86. The van der Waals surface area contributed by atoms with Gasteiger partial charge in [-0.15, -0.1) is 0 Å². The lowest BCUT2D eigenvalue weighted by Crippen LogP contribution is -2.39. The molecule has 1 aromatic heterocycles. The Morgan fingerprint density at radius 2 is 2.10 bits per heavy atom. The van der Waals surface area contributed by atoms with Crippen LogP contribution in [0.1, 0.15) is 43.2 Å². The Morgan fingerprint density at radius 1 is 1.45 bits per heavy atom. The van der Waals surface area contributed by atoms with Crippen molar-refractivity contribution in [3.63, 3.8) is 0 Å². The number of likely N-dealkylation sites (N-methyl/N-ethyl adjacent to an activating group) is 1. The molecule has 1 amide bonds. The van der Waals surface area contributed by atoms with Crippen molar-refractivity contribution in [2.24, 2.45) is 0 Å². The molecule has 0 aliphatic rings.